The lowest BCUT2D eigenvalue weighted by Gasteiger charge is -2.21. The summed E-state index contributed by atoms with van der Waals surface area (Å²) in [5.41, 5.74) is 2.11. The topological polar surface area (TPSA) is 58.4 Å². The average molecular weight is 253 g/mol. The predicted molar refractivity (Wildman–Crippen MR) is 70.5 cm³/mol. The van der Waals surface area contributed by atoms with Crippen molar-refractivity contribution in [1.82, 2.24) is 14.7 Å². The van der Waals surface area contributed by atoms with E-state index in [0.29, 0.717) is 13.1 Å². The first-order valence-corrected chi connectivity index (χ1v) is 6.21. The minimum atomic E-state index is -0.793. The van der Waals surface area contributed by atoms with Crippen molar-refractivity contribution in [3.05, 3.63) is 17.5 Å². The van der Waals surface area contributed by atoms with Gasteiger partial charge in [-0.2, -0.15) is 5.10 Å². The minimum absolute atomic E-state index is 0.0285. The Morgan fingerprint density at radius 3 is 2.56 bits per heavy atom. The van der Waals surface area contributed by atoms with Gasteiger partial charge in [0.2, 0.25) is 0 Å². The number of rotatable bonds is 5. The molecule has 5 heteroatoms. The Labute approximate surface area is 108 Å². The van der Waals surface area contributed by atoms with Crippen LogP contribution in [-0.2, 0) is 23.8 Å². The number of aryl methyl sites for hydroxylation is 1. The summed E-state index contributed by atoms with van der Waals surface area (Å²) in [5, 5.41) is 13.4. The van der Waals surface area contributed by atoms with Crippen molar-refractivity contribution in [2.75, 3.05) is 13.1 Å². The zero-order valence-corrected chi connectivity index (χ0v) is 11.9. The second-order valence-corrected chi connectivity index (χ2v) is 5.62. The van der Waals surface area contributed by atoms with Crippen molar-refractivity contribution in [2.24, 2.45) is 7.05 Å². The van der Waals surface area contributed by atoms with E-state index < -0.39 is 5.97 Å². The van der Waals surface area contributed by atoms with E-state index in [4.69, 9.17) is 5.11 Å². The molecule has 0 spiro atoms. The molecular weight excluding hydrogens is 230 g/mol. The highest BCUT2D eigenvalue weighted by atomic mass is 16.4. The van der Waals surface area contributed by atoms with Crippen LogP contribution in [0.25, 0.3) is 0 Å². The van der Waals surface area contributed by atoms with Crippen LogP contribution in [0.3, 0.4) is 0 Å². The van der Waals surface area contributed by atoms with Crippen LogP contribution in [0.15, 0.2) is 6.20 Å². The third kappa shape index (κ3) is 3.84. The van der Waals surface area contributed by atoms with Gasteiger partial charge in [0, 0.05) is 30.8 Å². The zero-order chi connectivity index (χ0) is 13.9. The summed E-state index contributed by atoms with van der Waals surface area (Å²) in [5.74, 6) is -0.793. The second-order valence-electron chi connectivity index (χ2n) is 5.62. The first-order valence-electron chi connectivity index (χ1n) is 6.21. The summed E-state index contributed by atoms with van der Waals surface area (Å²) in [4.78, 5) is 12.7. The van der Waals surface area contributed by atoms with E-state index in [9.17, 15) is 4.79 Å². The van der Waals surface area contributed by atoms with Crippen molar-refractivity contribution in [1.29, 1.82) is 0 Å². The molecule has 0 saturated heterocycles. The van der Waals surface area contributed by atoms with Crippen molar-refractivity contribution in [3.8, 4) is 0 Å². The summed E-state index contributed by atoms with van der Waals surface area (Å²) in [6.07, 6.45) is 1.98. The summed E-state index contributed by atoms with van der Waals surface area (Å²) in [7, 11) is 1.90. The van der Waals surface area contributed by atoms with E-state index in [2.05, 4.69) is 25.9 Å². The Bertz CT molecular complexity index is 418. The fourth-order valence-corrected chi connectivity index (χ4v) is 2.00. The molecular formula is C13H23N3O2. The van der Waals surface area contributed by atoms with Gasteiger partial charge in [-0.25, -0.2) is 0 Å². The Morgan fingerprint density at radius 1 is 1.50 bits per heavy atom. The molecule has 0 unspecified atom stereocenters. The molecule has 0 aliphatic rings. The van der Waals surface area contributed by atoms with Gasteiger partial charge in [0.05, 0.1) is 12.2 Å². The molecule has 0 bridgehead atoms. The standard InChI is InChI=1S/C13H23N3O2/c1-6-16(9-11(17)18)8-10-7-15(5)14-12(10)13(2,3)4/h7H,6,8-9H2,1-5H3,(H,17,18). The number of carboxylic acids is 1. The van der Waals surface area contributed by atoms with E-state index in [1.807, 2.05) is 25.1 Å². The molecule has 1 rings (SSSR count). The Hall–Kier alpha value is -1.36. The maximum absolute atomic E-state index is 10.8. The van der Waals surface area contributed by atoms with Crippen LogP contribution >= 0.6 is 0 Å². The maximum Gasteiger partial charge on any atom is 0.317 e. The van der Waals surface area contributed by atoms with Crippen LogP contribution in [0, 0.1) is 0 Å². The number of aliphatic carboxylic acids is 1. The average Bonchev–Trinajstić information content (AvgIpc) is 2.57. The quantitative estimate of drug-likeness (QED) is 0.866. The van der Waals surface area contributed by atoms with Gasteiger partial charge in [0.15, 0.2) is 0 Å². The smallest absolute Gasteiger partial charge is 0.317 e. The van der Waals surface area contributed by atoms with Gasteiger partial charge in [-0.05, 0) is 6.54 Å². The maximum atomic E-state index is 10.8. The molecule has 102 valence electrons. The fraction of sp³-hybridized carbons (Fsp3) is 0.692. The summed E-state index contributed by atoms with van der Waals surface area (Å²) in [6, 6.07) is 0. The largest absolute Gasteiger partial charge is 0.480 e. The molecule has 18 heavy (non-hydrogen) atoms. The van der Waals surface area contributed by atoms with Gasteiger partial charge >= 0.3 is 5.97 Å². The zero-order valence-electron chi connectivity index (χ0n) is 11.9. The van der Waals surface area contributed by atoms with Crippen LogP contribution < -0.4 is 0 Å². The van der Waals surface area contributed by atoms with Gasteiger partial charge in [0.1, 0.15) is 0 Å². The molecule has 1 aromatic rings. The molecule has 0 aromatic carbocycles. The third-order valence-electron chi connectivity index (χ3n) is 2.82. The molecule has 0 amide bonds. The van der Waals surface area contributed by atoms with Gasteiger partial charge in [-0.3, -0.25) is 14.4 Å². The predicted octanol–water partition coefficient (Wildman–Crippen LogP) is 1.62. The van der Waals surface area contributed by atoms with Gasteiger partial charge in [-0.15, -0.1) is 0 Å². The highest BCUT2D eigenvalue weighted by Crippen LogP contribution is 2.25. The second kappa shape index (κ2) is 5.52. The number of hydrogen-bond acceptors (Lipinski definition) is 3. The van der Waals surface area contributed by atoms with Crippen LogP contribution in [-0.4, -0.2) is 38.8 Å². The van der Waals surface area contributed by atoms with Crippen LogP contribution in [0.4, 0.5) is 0 Å². The van der Waals surface area contributed by atoms with Crippen molar-refractivity contribution >= 4 is 5.97 Å². The van der Waals surface area contributed by atoms with Crippen molar-refractivity contribution in [3.63, 3.8) is 0 Å². The van der Waals surface area contributed by atoms with Gasteiger partial charge in [0.25, 0.3) is 0 Å². The van der Waals surface area contributed by atoms with Crippen LogP contribution in [0.5, 0.6) is 0 Å². The molecule has 0 aliphatic carbocycles. The van der Waals surface area contributed by atoms with Gasteiger partial charge < -0.3 is 5.11 Å². The van der Waals surface area contributed by atoms with E-state index in [1.165, 1.54) is 0 Å². The molecule has 5 nitrogen and oxygen atoms in total. The number of carboxylic acid groups (broad SMARTS) is 1. The Balaban J connectivity index is 2.92. The lowest BCUT2D eigenvalue weighted by Crippen LogP contribution is -2.30. The number of hydrogen-bond donors (Lipinski definition) is 1. The molecule has 0 atom stereocenters. The van der Waals surface area contributed by atoms with Gasteiger partial charge in [-0.1, -0.05) is 27.7 Å². The lowest BCUT2D eigenvalue weighted by molar-refractivity contribution is -0.138. The summed E-state index contributed by atoms with van der Waals surface area (Å²) >= 11 is 0. The van der Waals surface area contributed by atoms with E-state index >= 15 is 0 Å². The fourth-order valence-electron chi connectivity index (χ4n) is 2.00. The monoisotopic (exact) mass is 253 g/mol. The molecule has 0 fully saturated rings. The number of carbonyl (C=O) groups is 1. The normalized spacial score (nSPS) is 12.1. The first kappa shape index (κ1) is 14.7. The SMILES string of the molecule is CCN(CC(=O)O)Cc1cn(C)nc1C(C)(C)C. The highest BCUT2D eigenvalue weighted by Gasteiger charge is 2.23. The molecule has 0 saturated carbocycles. The Morgan fingerprint density at radius 2 is 2.11 bits per heavy atom. The minimum Gasteiger partial charge on any atom is -0.480 e. The third-order valence-corrected chi connectivity index (χ3v) is 2.82. The molecule has 1 aromatic heterocycles. The Kier molecular flexibility index (Phi) is 4.51. The van der Waals surface area contributed by atoms with E-state index in [0.717, 1.165) is 11.3 Å². The van der Waals surface area contributed by atoms with Crippen LogP contribution in [0.1, 0.15) is 39.0 Å². The number of likely N-dealkylation sites (N-methyl/N-ethyl adjacent to an activating group) is 1. The summed E-state index contributed by atoms with van der Waals surface area (Å²) < 4.78 is 1.80. The number of aromatic nitrogens is 2. The van der Waals surface area contributed by atoms with Crippen LogP contribution in [0.2, 0.25) is 0 Å². The lowest BCUT2D eigenvalue weighted by atomic mass is 9.89. The first-order chi connectivity index (χ1) is 8.24. The molecule has 0 aliphatic heterocycles. The molecule has 1 N–H and O–H groups in total. The van der Waals surface area contributed by atoms with E-state index in [-0.39, 0.29) is 12.0 Å². The van der Waals surface area contributed by atoms with E-state index in [1.54, 1.807) is 4.68 Å². The van der Waals surface area contributed by atoms with Crippen molar-refractivity contribution < 1.29 is 9.90 Å². The summed E-state index contributed by atoms with van der Waals surface area (Å²) in [6.45, 7) is 9.73. The highest BCUT2D eigenvalue weighted by molar-refractivity contribution is 5.69. The van der Waals surface area contributed by atoms with Crippen molar-refractivity contribution in [2.45, 2.75) is 39.7 Å². The number of nitrogens with zero attached hydrogens (tertiary/aromatic N) is 3. The molecule has 0 radical (unpaired) electrons. The molecule has 1 heterocycles.